The van der Waals surface area contributed by atoms with Crippen LogP contribution in [0.4, 0.5) is 0 Å². The fourth-order valence-electron chi connectivity index (χ4n) is 4.85. The van der Waals surface area contributed by atoms with E-state index < -0.39 is 5.60 Å². The number of hydrogen-bond acceptors (Lipinski definition) is 4. The van der Waals surface area contributed by atoms with Gasteiger partial charge in [0, 0.05) is 37.9 Å². The lowest BCUT2D eigenvalue weighted by atomic mass is 9.83. The molecule has 0 unspecified atom stereocenters. The fourth-order valence-corrected chi connectivity index (χ4v) is 4.85. The number of rotatable bonds is 2. The molecule has 0 radical (unpaired) electrons. The van der Waals surface area contributed by atoms with Gasteiger partial charge in [-0.1, -0.05) is 18.2 Å². The molecular weight excluding hydrogens is 390 g/mol. The summed E-state index contributed by atoms with van der Waals surface area (Å²) in [5.74, 6) is 0.0255. The molecule has 0 atom stereocenters. The standard InChI is InChI=1S/C24H23N5O2/c30-23(20-7-4-12-27-15-11-25-22(20)27)28-13-9-24(10-14-28)21-18(8-16-31-24)17-29(26-21)19-5-2-1-3-6-19/h1-7,11-12,15,17H,8-10,13-14,16H2. The molecule has 2 aliphatic heterocycles. The highest BCUT2D eigenvalue weighted by atomic mass is 16.5. The van der Waals surface area contributed by atoms with E-state index in [-0.39, 0.29) is 5.91 Å². The third-order valence-corrected chi connectivity index (χ3v) is 6.50. The molecule has 0 bridgehead atoms. The number of likely N-dealkylation sites (tertiary alicyclic amines) is 1. The van der Waals surface area contributed by atoms with E-state index in [1.54, 1.807) is 6.20 Å². The summed E-state index contributed by atoms with van der Waals surface area (Å²) in [4.78, 5) is 19.5. The minimum atomic E-state index is -0.413. The summed E-state index contributed by atoms with van der Waals surface area (Å²) in [6.07, 6.45) is 9.98. The van der Waals surface area contributed by atoms with E-state index >= 15 is 0 Å². The zero-order chi connectivity index (χ0) is 20.8. The number of pyridine rings is 1. The normalized spacial score (nSPS) is 17.7. The minimum Gasteiger partial charge on any atom is -0.368 e. The van der Waals surface area contributed by atoms with Crippen molar-refractivity contribution < 1.29 is 9.53 Å². The molecule has 0 N–H and O–H groups in total. The SMILES string of the molecule is O=C(c1cccn2ccnc12)N1CCC2(CC1)OCCc1cn(-c3ccccc3)nc12. The molecule has 3 aromatic heterocycles. The molecule has 1 amide bonds. The molecular formula is C24H23N5O2. The van der Waals surface area contributed by atoms with Crippen molar-refractivity contribution in [3.8, 4) is 5.69 Å². The number of carbonyl (C=O) groups excluding carboxylic acids is 1. The second-order valence-electron chi connectivity index (χ2n) is 8.25. The summed E-state index contributed by atoms with van der Waals surface area (Å²) in [6.45, 7) is 1.96. The Labute approximate surface area is 179 Å². The van der Waals surface area contributed by atoms with Gasteiger partial charge in [0.25, 0.3) is 5.91 Å². The largest absolute Gasteiger partial charge is 0.368 e. The van der Waals surface area contributed by atoms with Gasteiger partial charge in [-0.3, -0.25) is 4.79 Å². The van der Waals surface area contributed by atoms with E-state index in [1.165, 1.54) is 5.56 Å². The maximum atomic E-state index is 13.2. The molecule has 4 aromatic rings. The van der Waals surface area contributed by atoms with E-state index in [0.717, 1.165) is 30.6 Å². The van der Waals surface area contributed by atoms with Crippen LogP contribution in [0, 0.1) is 0 Å². The number of nitrogens with zero attached hydrogens (tertiary/aromatic N) is 5. The highest BCUT2D eigenvalue weighted by Gasteiger charge is 2.44. The number of fused-ring (bicyclic) bond motifs is 3. The lowest BCUT2D eigenvalue weighted by molar-refractivity contribution is -0.0963. The van der Waals surface area contributed by atoms with E-state index in [9.17, 15) is 4.79 Å². The van der Waals surface area contributed by atoms with Crippen LogP contribution >= 0.6 is 0 Å². The number of ether oxygens (including phenoxy) is 1. The number of piperidine rings is 1. The van der Waals surface area contributed by atoms with Crippen LogP contribution in [0.3, 0.4) is 0 Å². The first-order chi connectivity index (χ1) is 15.2. The predicted octanol–water partition coefficient (Wildman–Crippen LogP) is 3.22. The van der Waals surface area contributed by atoms with Gasteiger partial charge in [-0.2, -0.15) is 5.10 Å². The van der Waals surface area contributed by atoms with Crippen LogP contribution in [0.5, 0.6) is 0 Å². The third kappa shape index (κ3) is 2.96. The van der Waals surface area contributed by atoms with Crippen LogP contribution < -0.4 is 0 Å². The zero-order valence-corrected chi connectivity index (χ0v) is 17.1. The van der Waals surface area contributed by atoms with Crippen molar-refractivity contribution in [3.63, 3.8) is 0 Å². The maximum Gasteiger partial charge on any atom is 0.257 e. The minimum absolute atomic E-state index is 0.0255. The fraction of sp³-hybridized carbons (Fsp3) is 0.292. The molecule has 7 nitrogen and oxygen atoms in total. The maximum absolute atomic E-state index is 13.2. The molecule has 2 aliphatic rings. The van der Waals surface area contributed by atoms with Crippen LogP contribution in [-0.2, 0) is 16.8 Å². The first-order valence-electron chi connectivity index (χ1n) is 10.7. The smallest absolute Gasteiger partial charge is 0.257 e. The summed E-state index contributed by atoms with van der Waals surface area (Å²) >= 11 is 0. The first kappa shape index (κ1) is 18.3. The van der Waals surface area contributed by atoms with Gasteiger partial charge in [0.15, 0.2) is 0 Å². The quantitative estimate of drug-likeness (QED) is 0.506. The van der Waals surface area contributed by atoms with E-state index in [1.807, 2.05) is 56.7 Å². The number of amides is 1. The molecule has 7 heteroatoms. The zero-order valence-electron chi connectivity index (χ0n) is 17.1. The van der Waals surface area contributed by atoms with Crippen molar-refractivity contribution >= 4 is 11.6 Å². The highest BCUT2D eigenvalue weighted by Crippen LogP contribution is 2.41. The average Bonchev–Trinajstić information content (AvgIpc) is 3.48. The van der Waals surface area contributed by atoms with Gasteiger partial charge in [0.1, 0.15) is 11.2 Å². The molecule has 5 heterocycles. The van der Waals surface area contributed by atoms with Crippen molar-refractivity contribution in [2.45, 2.75) is 24.9 Å². The molecule has 1 spiro atoms. The Morgan fingerprint density at radius 1 is 1.03 bits per heavy atom. The number of para-hydroxylation sites is 1. The predicted molar refractivity (Wildman–Crippen MR) is 115 cm³/mol. The van der Waals surface area contributed by atoms with Crippen LogP contribution in [-0.4, -0.2) is 49.7 Å². The number of hydrogen-bond donors (Lipinski definition) is 0. The van der Waals surface area contributed by atoms with Gasteiger partial charge < -0.3 is 14.0 Å². The van der Waals surface area contributed by atoms with Crippen molar-refractivity contribution in [1.82, 2.24) is 24.1 Å². The van der Waals surface area contributed by atoms with E-state index in [0.29, 0.717) is 30.9 Å². The van der Waals surface area contributed by atoms with Gasteiger partial charge in [-0.05, 0) is 49.1 Å². The Hall–Kier alpha value is -3.45. The topological polar surface area (TPSA) is 64.7 Å². The van der Waals surface area contributed by atoms with E-state index in [2.05, 4.69) is 23.3 Å². The Kier molecular flexibility index (Phi) is 4.17. The summed E-state index contributed by atoms with van der Waals surface area (Å²) in [5, 5.41) is 4.93. The summed E-state index contributed by atoms with van der Waals surface area (Å²) in [5.41, 5.74) is 4.26. The van der Waals surface area contributed by atoms with Crippen molar-refractivity contribution in [2.75, 3.05) is 19.7 Å². The summed E-state index contributed by atoms with van der Waals surface area (Å²) < 4.78 is 10.2. The van der Waals surface area contributed by atoms with Gasteiger partial charge >= 0.3 is 0 Å². The molecule has 1 aromatic carbocycles. The molecule has 6 rings (SSSR count). The van der Waals surface area contributed by atoms with Crippen LogP contribution in [0.2, 0.25) is 0 Å². The Morgan fingerprint density at radius 3 is 2.71 bits per heavy atom. The van der Waals surface area contributed by atoms with Gasteiger partial charge in [-0.15, -0.1) is 0 Å². The molecule has 31 heavy (non-hydrogen) atoms. The van der Waals surface area contributed by atoms with Crippen LogP contribution in [0.15, 0.2) is 67.3 Å². The molecule has 0 saturated carbocycles. The Bertz CT molecular complexity index is 1250. The second-order valence-corrected chi connectivity index (χ2v) is 8.25. The number of aromatic nitrogens is 4. The monoisotopic (exact) mass is 413 g/mol. The molecule has 1 fully saturated rings. The first-order valence-corrected chi connectivity index (χ1v) is 10.7. The average molecular weight is 413 g/mol. The van der Waals surface area contributed by atoms with Crippen LogP contribution in [0.25, 0.3) is 11.3 Å². The summed E-state index contributed by atoms with van der Waals surface area (Å²) in [6, 6.07) is 13.9. The summed E-state index contributed by atoms with van der Waals surface area (Å²) in [7, 11) is 0. The number of benzene rings is 1. The van der Waals surface area contributed by atoms with Crippen LogP contribution in [0.1, 0.15) is 34.5 Å². The van der Waals surface area contributed by atoms with Gasteiger partial charge in [0.05, 0.1) is 23.6 Å². The van der Waals surface area contributed by atoms with Crippen molar-refractivity contribution in [1.29, 1.82) is 0 Å². The van der Waals surface area contributed by atoms with Crippen molar-refractivity contribution in [3.05, 3.63) is 84.1 Å². The van der Waals surface area contributed by atoms with Gasteiger partial charge in [-0.25, -0.2) is 9.67 Å². The Morgan fingerprint density at radius 2 is 1.87 bits per heavy atom. The Balaban J connectivity index is 1.26. The third-order valence-electron chi connectivity index (χ3n) is 6.50. The number of carbonyl (C=O) groups is 1. The molecule has 0 aliphatic carbocycles. The molecule has 1 saturated heterocycles. The highest BCUT2D eigenvalue weighted by molar-refractivity contribution is 5.99. The van der Waals surface area contributed by atoms with Gasteiger partial charge in [0.2, 0.25) is 0 Å². The van der Waals surface area contributed by atoms with Crippen molar-refractivity contribution in [2.24, 2.45) is 0 Å². The van der Waals surface area contributed by atoms with E-state index in [4.69, 9.17) is 9.84 Å². The lowest BCUT2D eigenvalue weighted by Gasteiger charge is -2.43. The number of imidazole rings is 1. The second kappa shape index (κ2) is 7.06. The molecule has 156 valence electrons. The lowest BCUT2D eigenvalue weighted by Crippen LogP contribution is -2.48.